The summed E-state index contributed by atoms with van der Waals surface area (Å²) in [5.41, 5.74) is -1.28. The largest absolute Gasteiger partial charge is 0.335 e. The van der Waals surface area contributed by atoms with Crippen LogP contribution in [-0.2, 0) is 19.3 Å². The first-order chi connectivity index (χ1) is 12.2. The summed E-state index contributed by atoms with van der Waals surface area (Å²) in [6.45, 7) is 0. The maximum absolute atomic E-state index is 11.9. The van der Waals surface area contributed by atoms with Crippen molar-refractivity contribution in [1.29, 1.82) is 0 Å². The molecule has 15 heteroatoms. The van der Waals surface area contributed by atoms with Gasteiger partial charge in [-0.05, 0) is 19.3 Å². The highest BCUT2D eigenvalue weighted by molar-refractivity contribution is 4.92. The van der Waals surface area contributed by atoms with Crippen LogP contribution < -0.4 is 15.3 Å². The Kier molecular flexibility index (Phi) is 4.91. The van der Waals surface area contributed by atoms with Crippen LogP contribution in [-0.4, -0.2) is 57.0 Å². The Morgan fingerprint density at radius 2 is 1.12 bits per heavy atom. The van der Waals surface area contributed by atoms with Crippen LogP contribution in [0.2, 0.25) is 0 Å². The van der Waals surface area contributed by atoms with E-state index < -0.39 is 5.54 Å². The highest BCUT2D eigenvalue weighted by Gasteiger charge is 2.41. The first kappa shape index (κ1) is 16.5. The monoisotopic (exact) mass is 346 g/mol. The van der Waals surface area contributed by atoms with Gasteiger partial charge in [0.2, 0.25) is 5.54 Å². The second-order valence-electron chi connectivity index (χ2n) is 5.37. The summed E-state index contributed by atoms with van der Waals surface area (Å²) < 4.78 is 0. The molecule has 25 heavy (non-hydrogen) atoms. The molecule has 3 heterocycles. The fourth-order valence-corrected chi connectivity index (χ4v) is 2.47. The maximum atomic E-state index is 11.9. The molecular weight excluding hydrogens is 334 g/mol. The molecule has 0 bridgehead atoms. The Morgan fingerprint density at radius 3 is 1.36 bits per heavy atom. The van der Waals surface area contributed by atoms with Gasteiger partial charge in [-0.25, -0.2) is 0 Å². The van der Waals surface area contributed by atoms with Crippen molar-refractivity contribution in [3.63, 3.8) is 0 Å². The third-order valence-electron chi connectivity index (χ3n) is 3.91. The van der Waals surface area contributed by atoms with Gasteiger partial charge in [0.15, 0.2) is 0 Å². The quantitative estimate of drug-likeness (QED) is 0.271. The van der Waals surface area contributed by atoms with Crippen LogP contribution in [0, 0.1) is 10.1 Å². The predicted octanol–water partition coefficient (Wildman–Crippen LogP) is -2.67. The molecule has 0 atom stereocenters. The van der Waals surface area contributed by atoms with E-state index in [1.807, 2.05) is 0 Å². The molecule has 0 N–H and O–H groups in total. The van der Waals surface area contributed by atoms with Crippen LogP contribution in [0.3, 0.4) is 0 Å². The second kappa shape index (κ2) is 7.45. The van der Waals surface area contributed by atoms with Crippen LogP contribution in [0.1, 0.15) is 36.7 Å². The van der Waals surface area contributed by atoms with Crippen molar-refractivity contribution in [3.8, 4) is 0 Å². The Bertz CT molecular complexity index is 659. The molecular formula is C10H12N13O2-3. The number of aromatic nitrogens is 12. The zero-order valence-corrected chi connectivity index (χ0v) is 12.9. The molecule has 0 aromatic carbocycles. The van der Waals surface area contributed by atoms with Crippen LogP contribution in [0.25, 0.3) is 0 Å². The Labute approximate surface area is 139 Å². The van der Waals surface area contributed by atoms with Gasteiger partial charge < -0.3 is 15.3 Å². The van der Waals surface area contributed by atoms with Crippen molar-refractivity contribution >= 4 is 0 Å². The summed E-state index contributed by atoms with van der Waals surface area (Å²) in [6.07, 6.45) is 1.38. The first-order valence-corrected chi connectivity index (χ1v) is 7.35. The number of hydrogen-bond donors (Lipinski definition) is 0. The summed E-state index contributed by atoms with van der Waals surface area (Å²) in [5, 5.41) is 54.5. The van der Waals surface area contributed by atoms with Crippen molar-refractivity contribution in [3.05, 3.63) is 27.6 Å². The van der Waals surface area contributed by atoms with Crippen molar-refractivity contribution in [2.24, 2.45) is 0 Å². The van der Waals surface area contributed by atoms with Gasteiger partial charge in [-0.3, -0.25) is 41.1 Å². The first-order valence-electron chi connectivity index (χ1n) is 7.35. The molecule has 0 unspecified atom stereocenters. The predicted molar refractivity (Wildman–Crippen MR) is 74.1 cm³/mol. The number of tetrazole rings is 3. The molecule has 15 nitrogen and oxygen atoms in total. The standard InChI is InChI=1S/C10H12N13O2/c24-23(25)10(4-1-7-11-17-18-12-7,5-2-8-13-19-20-14-8)6-3-9-15-21-22-16-9/h1-6H2/q-3. The van der Waals surface area contributed by atoms with Crippen molar-refractivity contribution in [2.75, 3.05) is 0 Å². The normalized spacial score (nSPS) is 11.7. The minimum Gasteiger partial charge on any atom is -0.335 e. The van der Waals surface area contributed by atoms with Gasteiger partial charge in [0, 0.05) is 41.7 Å². The molecule has 3 rings (SSSR count). The molecule has 3 aromatic rings. The number of rotatable bonds is 10. The lowest BCUT2D eigenvalue weighted by atomic mass is 9.84. The average Bonchev–Trinajstić information content (AvgIpc) is 3.37. The van der Waals surface area contributed by atoms with Crippen LogP contribution >= 0.6 is 0 Å². The fourth-order valence-electron chi connectivity index (χ4n) is 2.47. The third kappa shape index (κ3) is 4.12. The van der Waals surface area contributed by atoms with Gasteiger partial charge >= 0.3 is 0 Å². The lowest BCUT2D eigenvalue weighted by Crippen LogP contribution is -2.40. The van der Waals surface area contributed by atoms with E-state index in [0.717, 1.165) is 0 Å². The number of nitrogens with zero attached hydrogens (tertiary/aromatic N) is 13. The lowest BCUT2D eigenvalue weighted by Gasteiger charge is -2.26. The molecule has 3 aromatic heterocycles. The number of hydrogen-bond acceptors (Lipinski definition) is 11. The molecule has 0 aliphatic heterocycles. The molecule has 132 valence electrons. The molecule has 0 saturated heterocycles. The summed E-state index contributed by atoms with van der Waals surface area (Å²) in [6, 6.07) is 0. The summed E-state index contributed by atoms with van der Waals surface area (Å²) in [4.78, 5) is 11.6. The van der Waals surface area contributed by atoms with Gasteiger partial charge in [0.25, 0.3) is 0 Å². The molecule has 0 radical (unpaired) electrons. The highest BCUT2D eigenvalue weighted by atomic mass is 16.6. The van der Waals surface area contributed by atoms with E-state index >= 15 is 0 Å². The Balaban J connectivity index is 1.73. The maximum Gasteiger partial charge on any atom is 0.223 e. The molecule has 0 saturated carbocycles. The van der Waals surface area contributed by atoms with E-state index in [2.05, 4.69) is 61.9 Å². The lowest BCUT2D eigenvalue weighted by molar-refractivity contribution is -0.574. The van der Waals surface area contributed by atoms with Crippen molar-refractivity contribution < 1.29 is 4.92 Å². The average molecular weight is 346 g/mol. The fraction of sp³-hybridized carbons (Fsp3) is 0.700. The van der Waals surface area contributed by atoms with E-state index in [1.165, 1.54) is 0 Å². The molecule has 0 amide bonds. The third-order valence-corrected chi connectivity index (χ3v) is 3.91. The zero-order chi connectivity index (χ0) is 17.5. The molecule has 0 spiro atoms. The van der Waals surface area contributed by atoms with Crippen LogP contribution in [0.5, 0.6) is 0 Å². The highest BCUT2D eigenvalue weighted by Crippen LogP contribution is 2.28. The van der Waals surface area contributed by atoms with E-state index in [4.69, 9.17) is 0 Å². The van der Waals surface area contributed by atoms with E-state index in [9.17, 15) is 10.1 Å². The molecule has 0 aliphatic carbocycles. The minimum atomic E-state index is -1.28. The second-order valence-corrected chi connectivity index (χ2v) is 5.37. The number of aryl methyl sites for hydroxylation is 3. The summed E-state index contributed by atoms with van der Waals surface area (Å²) in [5.74, 6) is 1.06. The molecule has 0 fully saturated rings. The van der Waals surface area contributed by atoms with Crippen LogP contribution in [0.15, 0.2) is 0 Å². The van der Waals surface area contributed by atoms with E-state index in [0.29, 0.717) is 17.5 Å². The molecule has 0 aliphatic rings. The minimum absolute atomic E-state index is 0.191. The van der Waals surface area contributed by atoms with Crippen molar-refractivity contribution in [2.45, 2.75) is 44.1 Å². The van der Waals surface area contributed by atoms with Gasteiger partial charge in [0.05, 0.1) is 0 Å². The van der Waals surface area contributed by atoms with Gasteiger partial charge in [-0.15, -0.1) is 0 Å². The summed E-state index contributed by atoms with van der Waals surface area (Å²) >= 11 is 0. The Hall–Kier alpha value is -3.39. The van der Waals surface area contributed by atoms with Crippen molar-refractivity contribution in [1.82, 2.24) is 61.9 Å². The zero-order valence-electron chi connectivity index (χ0n) is 12.9. The van der Waals surface area contributed by atoms with E-state index in [1.54, 1.807) is 0 Å². The number of nitro groups is 1. The topological polar surface area (TPSA) is 201 Å². The summed E-state index contributed by atoms with van der Waals surface area (Å²) in [7, 11) is 0. The SMILES string of the molecule is O=[N+]([O-])C(CCc1nnn[n-]1)(CCc1nnn[n-]1)CCc1nnn[n-]1. The Morgan fingerprint density at radius 1 is 0.760 bits per heavy atom. The van der Waals surface area contributed by atoms with Gasteiger partial charge in [-0.1, -0.05) is 0 Å². The van der Waals surface area contributed by atoms with Crippen LogP contribution in [0.4, 0.5) is 0 Å². The van der Waals surface area contributed by atoms with Gasteiger partial charge in [0.1, 0.15) is 0 Å². The van der Waals surface area contributed by atoms with E-state index in [-0.39, 0.29) is 43.4 Å². The smallest absolute Gasteiger partial charge is 0.223 e. The van der Waals surface area contributed by atoms with Gasteiger partial charge in [-0.2, -0.15) is 15.6 Å².